The van der Waals surface area contributed by atoms with Gasteiger partial charge in [0.05, 0.1) is 0 Å². The van der Waals surface area contributed by atoms with Crippen LogP contribution < -0.4 is 0 Å². The molecule has 0 amide bonds. The van der Waals surface area contributed by atoms with Crippen molar-refractivity contribution in [1.29, 1.82) is 0 Å². The van der Waals surface area contributed by atoms with Crippen molar-refractivity contribution in [3.8, 4) is 16.9 Å². The van der Waals surface area contributed by atoms with E-state index in [2.05, 4.69) is 4.98 Å². The monoisotopic (exact) mass is 239 g/mol. The lowest BCUT2D eigenvalue weighted by atomic mass is 10.1. The Hall–Kier alpha value is -1.25. The highest BCUT2D eigenvalue weighted by molar-refractivity contribution is 6.31. The van der Waals surface area contributed by atoms with Crippen LogP contribution in [0.5, 0.6) is 5.75 Å². The van der Waals surface area contributed by atoms with Crippen molar-refractivity contribution in [2.45, 2.75) is 0 Å². The third-order valence-electron chi connectivity index (χ3n) is 1.98. The minimum Gasteiger partial charge on any atom is -0.505 e. The molecule has 1 heterocycles. The average molecular weight is 240 g/mol. The van der Waals surface area contributed by atoms with Crippen molar-refractivity contribution in [2.75, 3.05) is 0 Å². The van der Waals surface area contributed by atoms with Crippen molar-refractivity contribution >= 4 is 23.2 Å². The summed E-state index contributed by atoms with van der Waals surface area (Å²) >= 11 is 11.5. The molecule has 0 bridgehead atoms. The lowest BCUT2D eigenvalue weighted by Crippen LogP contribution is -1.81. The summed E-state index contributed by atoms with van der Waals surface area (Å²) in [4.78, 5) is 3.86. The molecule has 0 saturated carbocycles. The first kappa shape index (κ1) is 10.3. The van der Waals surface area contributed by atoms with Crippen molar-refractivity contribution in [3.63, 3.8) is 0 Å². The lowest BCUT2D eigenvalue weighted by molar-refractivity contribution is 0.473. The summed E-state index contributed by atoms with van der Waals surface area (Å²) in [5.74, 6) is -0.0332. The predicted octanol–water partition coefficient (Wildman–Crippen LogP) is 3.76. The van der Waals surface area contributed by atoms with Gasteiger partial charge >= 0.3 is 0 Å². The lowest BCUT2D eigenvalue weighted by Gasteiger charge is -2.03. The van der Waals surface area contributed by atoms with Crippen molar-refractivity contribution < 1.29 is 5.11 Å². The molecule has 0 saturated heterocycles. The number of hydrogen-bond acceptors (Lipinski definition) is 2. The molecule has 0 aliphatic carbocycles. The summed E-state index contributed by atoms with van der Waals surface area (Å²) in [6, 6.07) is 8.86. The highest BCUT2D eigenvalue weighted by atomic mass is 35.5. The van der Waals surface area contributed by atoms with Crippen molar-refractivity contribution in [1.82, 2.24) is 4.98 Å². The summed E-state index contributed by atoms with van der Waals surface area (Å²) in [7, 11) is 0. The Balaban J connectivity index is 2.50. The Morgan fingerprint density at radius 1 is 1.07 bits per heavy atom. The Kier molecular flexibility index (Phi) is 2.80. The minimum absolute atomic E-state index is 0.0332. The molecule has 1 aromatic heterocycles. The third kappa shape index (κ3) is 2.22. The molecule has 0 spiro atoms. The van der Waals surface area contributed by atoms with Gasteiger partial charge in [0.1, 0.15) is 0 Å². The number of aromatic nitrogens is 1. The number of rotatable bonds is 1. The fraction of sp³-hybridized carbons (Fsp3) is 0. The molecule has 0 atom stereocenters. The first-order valence-electron chi connectivity index (χ1n) is 4.27. The summed E-state index contributed by atoms with van der Waals surface area (Å²) < 4.78 is 0. The van der Waals surface area contributed by atoms with Gasteiger partial charge in [0, 0.05) is 16.8 Å². The molecule has 0 unspecified atom stereocenters. The van der Waals surface area contributed by atoms with Gasteiger partial charge in [-0.2, -0.15) is 0 Å². The third-order valence-corrected chi connectivity index (χ3v) is 2.50. The van der Waals surface area contributed by atoms with Crippen LogP contribution in [0.3, 0.4) is 0 Å². The second-order valence-corrected chi connectivity index (χ2v) is 3.84. The van der Waals surface area contributed by atoms with E-state index in [1.165, 1.54) is 0 Å². The average Bonchev–Trinajstić information content (AvgIpc) is 2.22. The first-order valence-corrected chi connectivity index (χ1v) is 5.03. The maximum Gasteiger partial charge on any atom is 0.170 e. The molecule has 76 valence electrons. The Morgan fingerprint density at radius 2 is 1.87 bits per heavy atom. The predicted molar refractivity (Wildman–Crippen MR) is 61.4 cm³/mol. The molecule has 4 heteroatoms. The highest BCUT2D eigenvalue weighted by Gasteiger charge is 2.03. The fourth-order valence-corrected chi connectivity index (χ4v) is 1.56. The second-order valence-electron chi connectivity index (χ2n) is 3.04. The Labute approximate surface area is 97.1 Å². The van der Waals surface area contributed by atoms with Crippen LogP contribution in [0.1, 0.15) is 0 Å². The fourth-order valence-electron chi connectivity index (χ4n) is 1.26. The van der Waals surface area contributed by atoms with Crippen LogP contribution in [0.25, 0.3) is 11.1 Å². The number of halogens is 2. The van der Waals surface area contributed by atoms with Crippen molar-refractivity contribution in [3.05, 3.63) is 46.7 Å². The molecule has 15 heavy (non-hydrogen) atoms. The van der Waals surface area contributed by atoms with Crippen LogP contribution in [0.15, 0.2) is 36.5 Å². The van der Waals surface area contributed by atoms with Crippen LogP contribution in [-0.2, 0) is 0 Å². The van der Waals surface area contributed by atoms with E-state index >= 15 is 0 Å². The van der Waals surface area contributed by atoms with Gasteiger partial charge in [0.25, 0.3) is 0 Å². The topological polar surface area (TPSA) is 33.1 Å². The van der Waals surface area contributed by atoms with Gasteiger partial charge in [-0.25, -0.2) is 4.98 Å². The summed E-state index contributed by atoms with van der Waals surface area (Å²) in [6.45, 7) is 0. The molecule has 0 aliphatic rings. The molecule has 2 aromatic rings. The van der Waals surface area contributed by atoms with E-state index in [9.17, 15) is 5.11 Å². The zero-order valence-corrected chi connectivity index (χ0v) is 9.13. The Morgan fingerprint density at radius 3 is 2.53 bits per heavy atom. The van der Waals surface area contributed by atoms with Crippen molar-refractivity contribution in [2.24, 2.45) is 0 Å². The number of hydrogen-bond donors (Lipinski definition) is 1. The van der Waals surface area contributed by atoms with Gasteiger partial charge in [-0.15, -0.1) is 0 Å². The summed E-state index contributed by atoms with van der Waals surface area (Å²) in [5, 5.41) is 10.1. The molecular weight excluding hydrogens is 233 g/mol. The van der Waals surface area contributed by atoms with Gasteiger partial charge < -0.3 is 5.11 Å². The minimum atomic E-state index is -0.0332. The smallest absolute Gasteiger partial charge is 0.170 e. The van der Waals surface area contributed by atoms with Gasteiger partial charge in [0.2, 0.25) is 0 Å². The molecule has 0 fully saturated rings. The number of benzene rings is 1. The largest absolute Gasteiger partial charge is 0.505 e. The van der Waals surface area contributed by atoms with Gasteiger partial charge in [-0.3, -0.25) is 0 Å². The van der Waals surface area contributed by atoms with E-state index in [0.717, 1.165) is 11.1 Å². The summed E-state index contributed by atoms with van der Waals surface area (Å²) in [6.07, 6.45) is 1.59. The zero-order valence-electron chi connectivity index (χ0n) is 7.61. The molecule has 2 nitrogen and oxygen atoms in total. The van der Waals surface area contributed by atoms with Crippen LogP contribution in [0.2, 0.25) is 10.2 Å². The molecule has 1 N–H and O–H groups in total. The number of aromatic hydroxyl groups is 1. The number of pyridine rings is 1. The van der Waals surface area contributed by atoms with Crippen LogP contribution in [-0.4, -0.2) is 10.1 Å². The van der Waals surface area contributed by atoms with Crippen LogP contribution in [0.4, 0.5) is 0 Å². The Bertz CT molecular complexity index is 500. The van der Waals surface area contributed by atoms with Gasteiger partial charge in [-0.1, -0.05) is 35.3 Å². The van der Waals surface area contributed by atoms with Gasteiger partial charge in [0.15, 0.2) is 10.9 Å². The maximum absolute atomic E-state index is 9.40. The van der Waals surface area contributed by atoms with E-state index in [1.807, 2.05) is 12.1 Å². The van der Waals surface area contributed by atoms with E-state index in [4.69, 9.17) is 23.2 Å². The maximum atomic E-state index is 9.40. The molecule has 1 aromatic carbocycles. The SMILES string of the molecule is Oc1cc(-c2cccc(Cl)c2)cnc1Cl. The molecular formula is C11H7Cl2NO. The second kappa shape index (κ2) is 4.09. The van der Waals surface area contributed by atoms with E-state index in [0.29, 0.717) is 5.02 Å². The highest BCUT2D eigenvalue weighted by Crippen LogP contribution is 2.28. The van der Waals surface area contributed by atoms with E-state index < -0.39 is 0 Å². The zero-order chi connectivity index (χ0) is 10.8. The molecule has 2 rings (SSSR count). The number of nitrogens with zero attached hydrogens (tertiary/aromatic N) is 1. The normalized spacial score (nSPS) is 10.3. The van der Waals surface area contributed by atoms with E-state index in [-0.39, 0.29) is 10.9 Å². The molecule has 0 radical (unpaired) electrons. The summed E-state index contributed by atoms with van der Waals surface area (Å²) in [5.41, 5.74) is 1.67. The van der Waals surface area contributed by atoms with Crippen LogP contribution >= 0.6 is 23.2 Å². The quantitative estimate of drug-likeness (QED) is 0.769. The first-order chi connectivity index (χ1) is 7.16. The van der Waals surface area contributed by atoms with Gasteiger partial charge in [-0.05, 0) is 23.8 Å². The molecule has 0 aliphatic heterocycles. The van der Waals surface area contributed by atoms with Crippen LogP contribution in [0, 0.1) is 0 Å². The van der Waals surface area contributed by atoms with E-state index in [1.54, 1.807) is 24.4 Å². The standard InChI is InChI=1S/C11H7Cl2NO/c12-9-3-1-2-7(4-9)8-5-10(15)11(13)14-6-8/h1-6,15H.